The number of halogens is 2. The summed E-state index contributed by atoms with van der Waals surface area (Å²) in [6, 6.07) is 5.28. The van der Waals surface area contributed by atoms with E-state index in [2.05, 4.69) is 27.5 Å². The molecule has 5 nitrogen and oxygen atoms in total. The van der Waals surface area contributed by atoms with Crippen LogP contribution in [0.3, 0.4) is 0 Å². The Bertz CT molecular complexity index is 777. The molecule has 0 saturated heterocycles. The van der Waals surface area contributed by atoms with Crippen molar-refractivity contribution >= 4 is 29.9 Å². The Morgan fingerprint density at radius 3 is 2.63 bits per heavy atom. The number of hydrogen-bond donors (Lipinski definition) is 2. The van der Waals surface area contributed by atoms with Gasteiger partial charge >= 0.3 is 0 Å². The molecule has 1 aromatic carbocycles. The Balaban J connectivity index is 0.00000261. The third-order valence-electron chi connectivity index (χ3n) is 5.58. The van der Waals surface area contributed by atoms with Gasteiger partial charge < -0.3 is 15.2 Å². The van der Waals surface area contributed by atoms with Crippen molar-refractivity contribution in [1.29, 1.82) is 0 Å². The van der Waals surface area contributed by atoms with Gasteiger partial charge in [-0.1, -0.05) is 19.4 Å². The number of aliphatic imine (C=N–C) groups is 1. The van der Waals surface area contributed by atoms with Gasteiger partial charge in [0.05, 0.1) is 5.69 Å². The zero-order chi connectivity index (χ0) is 18.6. The fourth-order valence-electron chi connectivity index (χ4n) is 3.50. The monoisotopic (exact) mass is 485 g/mol. The SMILES string of the molecule is CCC1(CNC(=NC)NCc2ccc(-n3ccnc3C)c(F)c2)CCC1.I. The first kappa shape index (κ1) is 21.7. The highest BCUT2D eigenvalue weighted by Crippen LogP contribution is 2.42. The van der Waals surface area contributed by atoms with Crippen molar-refractivity contribution in [2.75, 3.05) is 13.6 Å². The average molecular weight is 485 g/mol. The standard InChI is InChI=1S/C20H28FN5.HI/c1-4-20(8-5-9-20)14-25-19(22-3)24-13-16-6-7-18(17(21)12-16)26-11-10-23-15(26)2;/h6-7,10-12H,4-5,8-9,13-14H2,1-3H3,(H2,22,24,25);1H. The maximum Gasteiger partial charge on any atom is 0.191 e. The van der Waals surface area contributed by atoms with Crippen molar-refractivity contribution in [2.45, 2.75) is 46.1 Å². The van der Waals surface area contributed by atoms with Crippen LogP contribution in [0.1, 0.15) is 44.0 Å². The highest BCUT2D eigenvalue weighted by Gasteiger charge is 2.34. The van der Waals surface area contributed by atoms with Gasteiger partial charge in [0.2, 0.25) is 0 Å². The van der Waals surface area contributed by atoms with E-state index in [-0.39, 0.29) is 29.8 Å². The van der Waals surface area contributed by atoms with Crippen molar-refractivity contribution in [1.82, 2.24) is 20.2 Å². The van der Waals surface area contributed by atoms with E-state index in [0.29, 0.717) is 17.6 Å². The van der Waals surface area contributed by atoms with Crippen molar-refractivity contribution in [3.63, 3.8) is 0 Å². The summed E-state index contributed by atoms with van der Waals surface area (Å²) in [6.45, 7) is 5.58. The maximum atomic E-state index is 14.5. The van der Waals surface area contributed by atoms with Crippen LogP contribution in [0.25, 0.3) is 5.69 Å². The first-order chi connectivity index (χ1) is 12.6. The van der Waals surface area contributed by atoms with Gasteiger partial charge in [0.25, 0.3) is 0 Å². The quantitative estimate of drug-likeness (QED) is 0.367. The first-order valence-electron chi connectivity index (χ1n) is 9.30. The lowest BCUT2D eigenvalue weighted by atomic mass is 9.67. The van der Waals surface area contributed by atoms with Crippen LogP contribution in [0.4, 0.5) is 4.39 Å². The summed E-state index contributed by atoms with van der Waals surface area (Å²) in [7, 11) is 1.76. The third-order valence-corrected chi connectivity index (χ3v) is 5.58. The molecule has 0 bridgehead atoms. The zero-order valence-corrected chi connectivity index (χ0v) is 18.6. The Hall–Kier alpha value is -1.64. The summed E-state index contributed by atoms with van der Waals surface area (Å²) in [5, 5.41) is 6.70. The van der Waals surface area contributed by atoms with Gasteiger partial charge in [-0.15, -0.1) is 24.0 Å². The molecule has 1 aliphatic carbocycles. The number of nitrogens with one attached hydrogen (secondary N) is 2. The molecule has 2 aromatic rings. The van der Waals surface area contributed by atoms with Crippen LogP contribution < -0.4 is 10.6 Å². The molecule has 0 amide bonds. The van der Waals surface area contributed by atoms with Gasteiger partial charge in [0, 0.05) is 32.5 Å². The molecule has 1 heterocycles. The Labute approximate surface area is 177 Å². The topological polar surface area (TPSA) is 54.2 Å². The van der Waals surface area contributed by atoms with Crippen LogP contribution in [0.15, 0.2) is 35.6 Å². The van der Waals surface area contributed by atoms with Gasteiger partial charge in [-0.2, -0.15) is 0 Å². The van der Waals surface area contributed by atoms with Crippen molar-refractivity contribution in [3.05, 3.63) is 47.8 Å². The number of imidazole rings is 1. The number of nitrogens with zero attached hydrogens (tertiary/aromatic N) is 3. The van der Waals surface area contributed by atoms with Crippen LogP contribution >= 0.6 is 24.0 Å². The lowest BCUT2D eigenvalue weighted by Crippen LogP contribution is -2.46. The molecule has 1 aliphatic rings. The lowest BCUT2D eigenvalue weighted by Gasteiger charge is -2.41. The van der Waals surface area contributed by atoms with E-state index in [1.165, 1.54) is 25.7 Å². The molecule has 0 atom stereocenters. The van der Waals surface area contributed by atoms with Crippen molar-refractivity contribution in [2.24, 2.45) is 10.4 Å². The summed E-state index contributed by atoms with van der Waals surface area (Å²) >= 11 is 0. The van der Waals surface area contributed by atoms with E-state index in [9.17, 15) is 4.39 Å². The number of benzene rings is 1. The second kappa shape index (κ2) is 9.52. The molecule has 1 aromatic heterocycles. The van der Waals surface area contributed by atoms with Crippen LogP contribution in [-0.4, -0.2) is 29.1 Å². The molecule has 3 rings (SSSR count). The van der Waals surface area contributed by atoms with E-state index in [1.807, 2.05) is 13.0 Å². The smallest absolute Gasteiger partial charge is 0.191 e. The maximum absolute atomic E-state index is 14.5. The molecule has 0 spiro atoms. The van der Waals surface area contributed by atoms with Crippen molar-refractivity contribution in [3.8, 4) is 5.69 Å². The number of aryl methyl sites for hydroxylation is 1. The van der Waals surface area contributed by atoms with Gasteiger partial charge in [0.1, 0.15) is 11.6 Å². The summed E-state index contributed by atoms with van der Waals surface area (Å²) in [6.07, 6.45) is 8.52. The number of aromatic nitrogens is 2. The van der Waals surface area contributed by atoms with Gasteiger partial charge in [0.15, 0.2) is 5.96 Å². The summed E-state index contributed by atoms with van der Waals surface area (Å²) in [5.74, 6) is 1.27. The summed E-state index contributed by atoms with van der Waals surface area (Å²) in [5.41, 5.74) is 1.82. The summed E-state index contributed by atoms with van der Waals surface area (Å²) < 4.78 is 16.2. The second-order valence-corrected chi connectivity index (χ2v) is 7.12. The minimum absolute atomic E-state index is 0. The predicted octanol–water partition coefficient (Wildman–Crippen LogP) is 4.18. The number of rotatable bonds is 6. The van der Waals surface area contributed by atoms with Crippen LogP contribution in [0.2, 0.25) is 0 Å². The normalized spacial score (nSPS) is 15.6. The molecular weight excluding hydrogens is 456 g/mol. The van der Waals surface area contributed by atoms with Crippen LogP contribution in [0.5, 0.6) is 0 Å². The molecule has 2 N–H and O–H groups in total. The highest BCUT2D eigenvalue weighted by molar-refractivity contribution is 14.0. The van der Waals surface area contributed by atoms with Crippen LogP contribution in [-0.2, 0) is 6.54 Å². The second-order valence-electron chi connectivity index (χ2n) is 7.12. The lowest BCUT2D eigenvalue weighted by molar-refractivity contribution is 0.131. The van der Waals surface area contributed by atoms with Gasteiger partial charge in [-0.05, 0) is 49.3 Å². The largest absolute Gasteiger partial charge is 0.356 e. The fourth-order valence-corrected chi connectivity index (χ4v) is 3.50. The zero-order valence-electron chi connectivity index (χ0n) is 16.3. The molecule has 1 fully saturated rings. The van der Waals surface area contributed by atoms with E-state index < -0.39 is 0 Å². The van der Waals surface area contributed by atoms with E-state index in [4.69, 9.17) is 0 Å². The first-order valence-corrected chi connectivity index (χ1v) is 9.30. The molecule has 0 aliphatic heterocycles. The molecule has 0 unspecified atom stereocenters. The van der Waals surface area contributed by atoms with E-state index >= 15 is 0 Å². The van der Waals surface area contributed by atoms with E-state index in [0.717, 1.165) is 23.9 Å². The Morgan fingerprint density at radius 2 is 2.11 bits per heavy atom. The van der Waals surface area contributed by atoms with Gasteiger partial charge in [-0.25, -0.2) is 9.37 Å². The summed E-state index contributed by atoms with van der Waals surface area (Å²) in [4.78, 5) is 8.43. The highest BCUT2D eigenvalue weighted by atomic mass is 127. The average Bonchev–Trinajstić information content (AvgIpc) is 3.03. The minimum Gasteiger partial charge on any atom is -0.356 e. The fraction of sp³-hybridized carbons (Fsp3) is 0.500. The molecule has 27 heavy (non-hydrogen) atoms. The number of hydrogen-bond acceptors (Lipinski definition) is 2. The Kier molecular flexibility index (Phi) is 7.64. The molecule has 148 valence electrons. The minimum atomic E-state index is -0.257. The third kappa shape index (κ3) is 5.00. The van der Waals surface area contributed by atoms with E-state index in [1.54, 1.807) is 36.1 Å². The molecule has 0 radical (unpaired) electrons. The molecular formula is C20H29FIN5. The van der Waals surface area contributed by atoms with Crippen LogP contribution in [0, 0.1) is 18.2 Å². The van der Waals surface area contributed by atoms with Gasteiger partial charge in [-0.3, -0.25) is 4.99 Å². The Morgan fingerprint density at radius 1 is 1.33 bits per heavy atom. The predicted molar refractivity (Wildman–Crippen MR) is 118 cm³/mol. The molecule has 1 saturated carbocycles. The van der Waals surface area contributed by atoms with Crippen molar-refractivity contribution < 1.29 is 4.39 Å². The molecule has 7 heteroatoms. The number of guanidine groups is 1.